The molecule has 2 aromatic carbocycles. The zero-order valence-electron chi connectivity index (χ0n) is 10.9. The molecule has 1 aromatic heterocycles. The van der Waals surface area contributed by atoms with Crippen molar-refractivity contribution < 1.29 is 5.11 Å². The molecule has 0 saturated heterocycles. The smallest absolute Gasteiger partial charge is 0.116 e. The van der Waals surface area contributed by atoms with Crippen molar-refractivity contribution in [1.29, 1.82) is 0 Å². The molecule has 18 heavy (non-hydrogen) atoms. The molecule has 0 amide bonds. The Bertz CT molecular complexity index is 732. The summed E-state index contributed by atoms with van der Waals surface area (Å²) in [7, 11) is 0. The lowest BCUT2D eigenvalue weighted by molar-refractivity contribution is 0.476. The number of aromatic nitrogens is 1. The molecule has 2 heteroatoms. The first-order chi connectivity index (χ1) is 8.45. The van der Waals surface area contributed by atoms with E-state index in [4.69, 9.17) is 0 Å². The first-order valence-corrected chi connectivity index (χ1v) is 6.20. The lowest BCUT2D eigenvalue weighted by Crippen LogP contribution is -2.10. The predicted octanol–water partition coefficient (Wildman–Crippen LogP) is 4.32. The van der Waals surface area contributed by atoms with Gasteiger partial charge in [0.1, 0.15) is 5.75 Å². The molecule has 0 bridgehead atoms. The molecule has 2 N–H and O–H groups in total. The Labute approximate surface area is 106 Å². The summed E-state index contributed by atoms with van der Waals surface area (Å²) in [6.45, 7) is 6.58. The Kier molecular flexibility index (Phi) is 2.18. The van der Waals surface area contributed by atoms with Crippen LogP contribution < -0.4 is 0 Å². The lowest BCUT2D eigenvalue weighted by atomic mass is 9.92. The second-order valence-corrected chi connectivity index (χ2v) is 5.87. The largest absolute Gasteiger partial charge is 0.508 e. The summed E-state index contributed by atoms with van der Waals surface area (Å²) >= 11 is 0. The SMILES string of the molecule is CC(C)(C)c1cc2c(ccc3ccc(O)cc32)[nH]1. The van der Waals surface area contributed by atoms with Crippen molar-refractivity contribution in [1.82, 2.24) is 4.98 Å². The highest BCUT2D eigenvalue weighted by atomic mass is 16.3. The molecule has 2 nitrogen and oxygen atoms in total. The minimum Gasteiger partial charge on any atom is -0.508 e. The number of benzene rings is 2. The van der Waals surface area contributed by atoms with Gasteiger partial charge in [0.15, 0.2) is 0 Å². The maximum absolute atomic E-state index is 9.65. The normalized spacial score (nSPS) is 12.4. The van der Waals surface area contributed by atoms with E-state index in [9.17, 15) is 5.11 Å². The molecule has 3 aromatic rings. The van der Waals surface area contributed by atoms with Crippen LogP contribution in [0, 0.1) is 0 Å². The summed E-state index contributed by atoms with van der Waals surface area (Å²) in [5, 5.41) is 13.1. The molecule has 0 fully saturated rings. The number of aromatic hydroxyl groups is 1. The molecule has 0 aliphatic carbocycles. The topological polar surface area (TPSA) is 36.0 Å². The molecular weight excluding hydrogens is 222 g/mol. The van der Waals surface area contributed by atoms with Gasteiger partial charge in [-0.1, -0.05) is 32.9 Å². The van der Waals surface area contributed by atoms with Crippen LogP contribution in [0.1, 0.15) is 26.5 Å². The third-order valence-corrected chi connectivity index (χ3v) is 3.41. The van der Waals surface area contributed by atoms with Gasteiger partial charge < -0.3 is 10.1 Å². The molecule has 3 rings (SSSR count). The van der Waals surface area contributed by atoms with Crippen LogP contribution >= 0.6 is 0 Å². The molecule has 0 saturated carbocycles. The van der Waals surface area contributed by atoms with E-state index in [1.807, 2.05) is 12.1 Å². The second-order valence-electron chi connectivity index (χ2n) is 5.87. The number of nitrogens with one attached hydrogen (secondary N) is 1. The van der Waals surface area contributed by atoms with E-state index in [0.717, 1.165) is 16.3 Å². The number of H-pyrrole nitrogens is 1. The highest BCUT2D eigenvalue weighted by Gasteiger charge is 2.17. The van der Waals surface area contributed by atoms with E-state index in [-0.39, 0.29) is 5.41 Å². The van der Waals surface area contributed by atoms with E-state index in [1.165, 1.54) is 11.1 Å². The van der Waals surface area contributed by atoms with E-state index < -0.39 is 0 Å². The number of hydrogen-bond acceptors (Lipinski definition) is 1. The first-order valence-electron chi connectivity index (χ1n) is 6.20. The standard InChI is InChI=1S/C16H17NO/c1-16(2,3)15-9-13-12-8-11(18)6-4-10(12)5-7-14(13)17-15/h4-9,17-18H,1-3H3. The molecule has 1 heterocycles. The van der Waals surface area contributed by atoms with Crippen LogP contribution in [0.5, 0.6) is 5.75 Å². The number of hydrogen-bond donors (Lipinski definition) is 2. The summed E-state index contributed by atoms with van der Waals surface area (Å²) in [5.74, 6) is 0.313. The third kappa shape index (κ3) is 1.65. The molecule has 0 unspecified atom stereocenters. The van der Waals surface area contributed by atoms with E-state index >= 15 is 0 Å². The number of rotatable bonds is 0. The van der Waals surface area contributed by atoms with Gasteiger partial charge in [-0.05, 0) is 35.0 Å². The van der Waals surface area contributed by atoms with Gasteiger partial charge >= 0.3 is 0 Å². The lowest BCUT2D eigenvalue weighted by Gasteiger charge is -2.15. The Balaban J connectivity index is 2.39. The molecule has 92 valence electrons. The van der Waals surface area contributed by atoms with Gasteiger partial charge in [-0.15, -0.1) is 0 Å². The van der Waals surface area contributed by atoms with Crippen LogP contribution in [0.2, 0.25) is 0 Å². The summed E-state index contributed by atoms with van der Waals surface area (Å²) in [6, 6.07) is 11.9. The average Bonchev–Trinajstić information content (AvgIpc) is 2.72. The zero-order chi connectivity index (χ0) is 12.9. The zero-order valence-corrected chi connectivity index (χ0v) is 10.9. The van der Waals surface area contributed by atoms with Crippen molar-refractivity contribution in [3.05, 3.63) is 42.1 Å². The maximum Gasteiger partial charge on any atom is 0.116 e. The van der Waals surface area contributed by atoms with Gasteiger partial charge in [0.25, 0.3) is 0 Å². The Hall–Kier alpha value is -1.96. The highest BCUT2D eigenvalue weighted by molar-refractivity contribution is 6.07. The predicted molar refractivity (Wildman–Crippen MR) is 76.2 cm³/mol. The van der Waals surface area contributed by atoms with Gasteiger partial charge in [0, 0.05) is 22.0 Å². The van der Waals surface area contributed by atoms with Crippen molar-refractivity contribution in [2.24, 2.45) is 0 Å². The fraction of sp³-hybridized carbons (Fsp3) is 0.250. The summed E-state index contributed by atoms with van der Waals surface area (Å²) in [6.07, 6.45) is 0. The minimum absolute atomic E-state index is 0.0994. The molecule has 0 radical (unpaired) electrons. The van der Waals surface area contributed by atoms with Gasteiger partial charge in [0.2, 0.25) is 0 Å². The molecular formula is C16H17NO. The monoisotopic (exact) mass is 239 g/mol. The fourth-order valence-corrected chi connectivity index (χ4v) is 2.32. The van der Waals surface area contributed by atoms with Crippen LogP contribution in [0.4, 0.5) is 0 Å². The van der Waals surface area contributed by atoms with E-state index in [0.29, 0.717) is 5.75 Å². The van der Waals surface area contributed by atoms with E-state index in [1.54, 1.807) is 6.07 Å². The van der Waals surface area contributed by atoms with Crippen molar-refractivity contribution in [2.75, 3.05) is 0 Å². The second kappa shape index (κ2) is 3.52. The molecule has 0 spiro atoms. The Morgan fingerprint density at radius 1 is 0.944 bits per heavy atom. The number of phenolic OH excluding ortho intramolecular Hbond substituents is 1. The highest BCUT2D eigenvalue weighted by Crippen LogP contribution is 2.32. The Morgan fingerprint density at radius 3 is 2.39 bits per heavy atom. The number of fused-ring (bicyclic) bond motifs is 3. The van der Waals surface area contributed by atoms with Crippen LogP contribution in [-0.4, -0.2) is 10.1 Å². The van der Waals surface area contributed by atoms with Gasteiger partial charge in [-0.3, -0.25) is 0 Å². The van der Waals surface area contributed by atoms with Crippen molar-refractivity contribution in [2.45, 2.75) is 26.2 Å². The summed E-state index contributed by atoms with van der Waals surface area (Å²) < 4.78 is 0. The van der Waals surface area contributed by atoms with Crippen LogP contribution in [0.15, 0.2) is 36.4 Å². The molecule has 0 aliphatic heterocycles. The first kappa shape index (κ1) is 11.1. The van der Waals surface area contributed by atoms with Crippen LogP contribution in [0.3, 0.4) is 0 Å². The van der Waals surface area contributed by atoms with Gasteiger partial charge in [0.05, 0.1) is 0 Å². The fourth-order valence-electron chi connectivity index (χ4n) is 2.32. The van der Waals surface area contributed by atoms with Gasteiger partial charge in [-0.2, -0.15) is 0 Å². The molecule has 0 atom stereocenters. The third-order valence-electron chi connectivity index (χ3n) is 3.41. The summed E-state index contributed by atoms with van der Waals surface area (Å²) in [5.41, 5.74) is 2.44. The number of phenols is 1. The summed E-state index contributed by atoms with van der Waals surface area (Å²) in [4.78, 5) is 3.47. The van der Waals surface area contributed by atoms with Crippen LogP contribution in [0.25, 0.3) is 21.7 Å². The van der Waals surface area contributed by atoms with Crippen molar-refractivity contribution in [3.8, 4) is 5.75 Å². The average molecular weight is 239 g/mol. The quantitative estimate of drug-likeness (QED) is 0.602. The van der Waals surface area contributed by atoms with E-state index in [2.05, 4.69) is 44.0 Å². The number of aromatic amines is 1. The maximum atomic E-state index is 9.65. The van der Waals surface area contributed by atoms with Crippen molar-refractivity contribution >= 4 is 21.7 Å². The minimum atomic E-state index is 0.0994. The van der Waals surface area contributed by atoms with Crippen LogP contribution in [-0.2, 0) is 5.41 Å². The van der Waals surface area contributed by atoms with Gasteiger partial charge in [-0.25, -0.2) is 0 Å². The Morgan fingerprint density at radius 2 is 1.67 bits per heavy atom. The van der Waals surface area contributed by atoms with Crippen molar-refractivity contribution in [3.63, 3.8) is 0 Å². The molecule has 0 aliphatic rings.